The molecule has 1 N–H and O–H groups in total. The highest BCUT2D eigenvalue weighted by atomic mass is 35.5. The van der Waals surface area contributed by atoms with Crippen LogP contribution >= 0.6 is 11.6 Å². The van der Waals surface area contributed by atoms with E-state index in [1.807, 2.05) is 0 Å². The summed E-state index contributed by atoms with van der Waals surface area (Å²) < 4.78 is 1.57. The Bertz CT molecular complexity index is 521. The standard InChI is InChI=1S/C10H11ClN6O/c1-7-4-8(11)15-10(14-7)16-9(18)2-3-17-6-12-5-13-17/h4-6H,2-3H2,1H3,(H,14,15,16,18). The number of hydrogen-bond donors (Lipinski definition) is 1. The van der Waals surface area contributed by atoms with Gasteiger partial charge in [0.2, 0.25) is 11.9 Å². The van der Waals surface area contributed by atoms with Gasteiger partial charge in [-0.2, -0.15) is 5.10 Å². The number of carbonyl (C=O) groups is 1. The summed E-state index contributed by atoms with van der Waals surface area (Å²) >= 11 is 5.77. The van der Waals surface area contributed by atoms with E-state index in [-0.39, 0.29) is 18.3 Å². The Kier molecular flexibility index (Phi) is 3.83. The second-order valence-electron chi connectivity index (χ2n) is 3.61. The SMILES string of the molecule is Cc1cc(Cl)nc(NC(=O)CCn2cncn2)n1. The zero-order chi connectivity index (χ0) is 13.0. The molecule has 0 radical (unpaired) electrons. The molecule has 0 fully saturated rings. The molecular formula is C10H11ClN6O. The molecule has 8 heteroatoms. The lowest BCUT2D eigenvalue weighted by atomic mass is 10.4. The number of hydrogen-bond acceptors (Lipinski definition) is 5. The molecule has 0 aliphatic heterocycles. The summed E-state index contributed by atoms with van der Waals surface area (Å²) in [4.78, 5) is 23.4. The first-order valence-electron chi connectivity index (χ1n) is 5.27. The first kappa shape index (κ1) is 12.4. The fourth-order valence-electron chi connectivity index (χ4n) is 1.34. The van der Waals surface area contributed by atoms with Crippen molar-refractivity contribution in [3.63, 3.8) is 0 Å². The van der Waals surface area contributed by atoms with Crippen LogP contribution in [-0.4, -0.2) is 30.6 Å². The monoisotopic (exact) mass is 266 g/mol. The van der Waals surface area contributed by atoms with Crippen LogP contribution < -0.4 is 5.32 Å². The van der Waals surface area contributed by atoms with E-state index >= 15 is 0 Å². The van der Waals surface area contributed by atoms with Crippen molar-refractivity contribution in [2.45, 2.75) is 19.9 Å². The van der Waals surface area contributed by atoms with Crippen molar-refractivity contribution in [3.05, 3.63) is 29.6 Å². The molecule has 0 atom stereocenters. The molecule has 2 aromatic heterocycles. The molecule has 18 heavy (non-hydrogen) atoms. The predicted molar refractivity (Wildman–Crippen MR) is 65.0 cm³/mol. The van der Waals surface area contributed by atoms with Crippen molar-refractivity contribution < 1.29 is 4.79 Å². The van der Waals surface area contributed by atoms with Crippen molar-refractivity contribution in [1.82, 2.24) is 24.7 Å². The third-order valence-corrected chi connectivity index (χ3v) is 2.30. The molecule has 0 spiro atoms. The minimum Gasteiger partial charge on any atom is -0.294 e. The van der Waals surface area contributed by atoms with Gasteiger partial charge in [-0.15, -0.1) is 0 Å². The maximum absolute atomic E-state index is 11.6. The average Bonchev–Trinajstić information content (AvgIpc) is 2.77. The van der Waals surface area contributed by atoms with Gasteiger partial charge >= 0.3 is 0 Å². The molecule has 2 heterocycles. The molecule has 0 aliphatic rings. The highest BCUT2D eigenvalue weighted by molar-refractivity contribution is 6.29. The van der Waals surface area contributed by atoms with Gasteiger partial charge in [0.15, 0.2) is 0 Å². The van der Waals surface area contributed by atoms with Crippen LogP contribution in [-0.2, 0) is 11.3 Å². The Morgan fingerprint density at radius 3 is 3.00 bits per heavy atom. The Morgan fingerprint density at radius 2 is 2.33 bits per heavy atom. The van der Waals surface area contributed by atoms with E-state index in [4.69, 9.17) is 11.6 Å². The maximum atomic E-state index is 11.6. The largest absolute Gasteiger partial charge is 0.294 e. The lowest BCUT2D eigenvalue weighted by Gasteiger charge is -2.04. The Hall–Kier alpha value is -2.02. The molecule has 0 saturated heterocycles. The van der Waals surface area contributed by atoms with E-state index in [0.29, 0.717) is 17.4 Å². The van der Waals surface area contributed by atoms with Crippen LogP contribution in [0.15, 0.2) is 18.7 Å². The molecule has 0 unspecified atom stereocenters. The summed E-state index contributed by atoms with van der Waals surface area (Å²) in [5.74, 6) is 0.00996. The number of halogens is 1. The predicted octanol–water partition coefficient (Wildman–Crippen LogP) is 1.06. The summed E-state index contributed by atoms with van der Waals surface area (Å²) in [6.45, 7) is 2.23. The third kappa shape index (κ3) is 3.49. The topological polar surface area (TPSA) is 85.6 Å². The smallest absolute Gasteiger partial charge is 0.231 e. The fourth-order valence-corrected chi connectivity index (χ4v) is 1.58. The van der Waals surface area contributed by atoms with E-state index in [9.17, 15) is 4.79 Å². The lowest BCUT2D eigenvalue weighted by Crippen LogP contribution is -2.16. The molecule has 1 amide bonds. The summed E-state index contributed by atoms with van der Waals surface area (Å²) in [6, 6.07) is 1.62. The maximum Gasteiger partial charge on any atom is 0.231 e. The van der Waals surface area contributed by atoms with Crippen LogP contribution in [0.2, 0.25) is 5.15 Å². The zero-order valence-corrected chi connectivity index (χ0v) is 10.4. The second-order valence-corrected chi connectivity index (χ2v) is 4.00. The van der Waals surface area contributed by atoms with Gasteiger partial charge in [0.25, 0.3) is 0 Å². The minimum absolute atomic E-state index is 0.202. The highest BCUT2D eigenvalue weighted by Crippen LogP contribution is 2.09. The van der Waals surface area contributed by atoms with Crippen LogP contribution in [0.25, 0.3) is 0 Å². The van der Waals surface area contributed by atoms with Crippen LogP contribution in [0, 0.1) is 6.92 Å². The van der Waals surface area contributed by atoms with Crippen molar-refractivity contribution in [2.75, 3.05) is 5.32 Å². The fraction of sp³-hybridized carbons (Fsp3) is 0.300. The number of amides is 1. The summed E-state index contributed by atoms with van der Waals surface area (Å²) in [6.07, 6.45) is 3.23. The number of aryl methyl sites for hydroxylation is 2. The second kappa shape index (κ2) is 5.54. The van der Waals surface area contributed by atoms with Gasteiger partial charge in [-0.25, -0.2) is 15.0 Å². The van der Waals surface area contributed by atoms with Gasteiger partial charge < -0.3 is 0 Å². The Balaban J connectivity index is 1.90. The summed E-state index contributed by atoms with van der Waals surface area (Å²) in [5.41, 5.74) is 0.696. The van der Waals surface area contributed by atoms with E-state index in [1.165, 1.54) is 6.33 Å². The van der Waals surface area contributed by atoms with E-state index in [0.717, 1.165) is 0 Å². The van der Waals surface area contributed by atoms with Crippen LogP contribution in [0.4, 0.5) is 5.95 Å². The number of carbonyl (C=O) groups excluding carboxylic acids is 1. The van der Waals surface area contributed by atoms with E-state index < -0.39 is 0 Å². The molecule has 2 rings (SSSR count). The zero-order valence-electron chi connectivity index (χ0n) is 9.67. The molecule has 0 saturated carbocycles. The highest BCUT2D eigenvalue weighted by Gasteiger charge is 2.06. The van der Waals surface area contributed by atoms with Crippen LogP contribution in [0.3, 0.4) is 0 Å². The van der Waals surface area contributed by atoms with Gasteiger partial charge in [0, 0.05) is 12.1 Å². The number of aromatic nitrogens is 5. The van der Waals surface area contributed by atoms with Crippen LogP contribution in [0.5, 0.6) is 0 Å². The molecule has 0 aliphatic carbocycles. The molecule has 7 nitrogen and oxygen atoms in total. The molecule has 2 aromatic rings. The van der Waals surface area contributed by atoms with Crippen molar-refractivity contribution in [2.24, 2.45) is 0 Å². The lowest BCUT2D eigenvalue weighted by molar-refractivity contribution is -0.116. The van der Waals surface area contributed by atoms with Crippen molar-refractivity contribution in [3.8, 4) is 0 Å². The number of anilines is 1. The number of nitrogens with zero attached hydrogens (tertiary/aromatic N) is 5. The minimum atomic E-state index is -0.202. The van der Waals surface area contributed by atoms with Gasteiger partial charge in [0.05, 0.1) is 6.54 Å². The first-order valence-corrected chi connectivity index (χ1v) is 5.65. The van der Waals surface area contributed by atoms with E-state index in [2.05, 4.69) is 25.4 Å². The Morgan fingerprint density at radius 1 is 1.50 bits per heavy atom. The van der Waals surface area contributed by atoms with Gasteiger partial charge in [-0.3, -0.25) is 14.8 Å². The molecule has 94 valence electrons. The Labute approximate surface area is 108 Å². The summed E-state index contributed by atoms with van der Waals surface area (Å²) in [5, 5.41) is 6.78. The first-order chi connectivity index (χ1) is 8.63. The normalized spacial score (nSPS) is 10.3. The van der Waals surface area contributed by atoms with Gasteiger partial charge in [0.1, 0.15) is 17.8 Å². The van der Waals surface area contributed by atoms with E-state index in [1.54, 1.807) is 24.0 Å². The van der Waals surface area contributed by atoms with Crippen molar-refractivity contribution >= 4 is 23.5 Å². The number of rotatable bonds is 4. The molecule has 0 bridgehead atoms. The van der Waals surface area contributed by atoms with Gasteiger partial charge in [-0.1, -0.05) is 11.6 Å². The van der Waals surface area contributed by atoms with Crippen molar-refractivity contribution in [1.29, 1.82) is 0 Å². The molecule has 0 aromatic carbocycles. The summed E-state index contributed by atoms with van der Waals surface area (Å²) in [7, 11) is 0. The number of nitrogens with one attached hydrogen (secondary N) is 1. The molecular weight excluding hydrogens is 256 g/mol. The van der Waals surface area contributed by atoms with Gasteiger partial charge in [-0.05, 0) is 13.0 Å². The van der Waals surface area contributed by atoms with Crippen LogP contribution in [0.1, 0.15) is 12.1 Å². The quantitative estimate of drug-likeness (QED) is 0.836. The third-order valence-electron chi connectivity index (χ3n) is 2.11. The average molecular weight is 267 g/mol.